The highest BCUT2D eigenvalue weighted by Gasteiger charge is 2.19. The molecular formula is C9H5ClFNO2. The number of benzene rings is 1. The van der Waals surface area contributed by atoms with Gasteiger partial charge in [-0.15, -0.1) is 0 Å². The summed E-state index contributed by atoms with van der Waals surface area (Å²) in [5.41, 5.74) is -0.527. The Morgan fingerprint density at radius 2 is 2.29 bits per heavy atom. The van der Waals surface area contributed by atoms with Crippen molar-refractivity contribution in [2.24, 2.45) is 0 Å². The van der Waals surface area contributed by atoms with Crippen molar-refractivity contribution < 1.29 is 13.9 Å². The SMILES string of the molecule is COC(=O)c1c(C#N)ccc(Cl)c1F. The highest BCUT2D eigenvalue weighted by atomic mass is 35.5. The summed E-state index contributed by atoms with van der Waals surface area (Å²) in [7, 11) is 1.10. The number of carbonyl (C=O) groups excluding carboxylic acids is 1. The van der Waals surface area contributed by atoms with Gasteiger partial charge in [-0.05, 0) is 12.1 Å². The van der Waals surface area contributed by atoms with E-state index in [4.69, 9.17) is 16.9 Å². The van der Waals surface area contributed by atoms with Gasteiger partial charge < -0.3 is 4.74 Å². The Hall–Kier alpha value is -1.60. The lowest BCUT2D eigenvalue weighted by Gasteiger charge is -2.03. The van der Waals surface area contributed by atoms with E-state index in [1.807, 2.05) is 0 Å². The third-order valence-electron chi connectivity index (χ3n) is 1.60. The zero-order chi connectivity index (χ0) is 10.7. The fourth-order valence-corrected chi connectivity index (χ4v) is 1.10. The zero-order valence-corrected chi connectivity index (χ0v) is 7.93. The van der Waals surface area contributed by atoms with E-state index in [0.717, 1.165) is 7.11 Å². The molecule has 0 radical (unpaired) electrons. The van der Waals surface area contributed by atoms with Crippen molar-refractivity contribution in [1.82, 2.24) is 0 Å². The molecule has 0 aliphatic heterocycles. The topological polar surface area (TPSA) is 50.1 Å². The number of methoxy groups -OCH3 is 1. The largest absolute Gasteiger partial charge is 0.465 e. The monoisotopic (exact) mass is 213 g/mol. The van der Waals surface area contributed by atoms with Crippen LogP contribution in [0.3, 0.4) is 0 Å². The second kappa shape index (κ2) is 4.07. The van der Waals surface area contributed by atoms with Crippen molar-refractivity contribution in [3.63, 3.8) is 0 Å². The van der Waals surface area contributed by atoms with E-state index in [0.29, 0.717) is 0 Å². The number of nitriles is 1. The number of nitrogens with zero attached hydrogens (tertiary/aromatic N) is 1. The van der Waals surface area contributed by atoms with Crippen LogP contribution in [0.2, 0.25) is 5.02 Å². The molecule has 0 atom stereocenters. The van der Waals surface area contributed by atoms with Crippen LogP contribution in [0.15, 0.2) is 12.1 Å². The highest BCUT2D eigenvalue weighted by molar-refractivity contribution is 6.31. The minimum Gasteiger partial charge on any atom is -0.465 e. The smallest absolute Gasteiger partial charge is 0.342 e. The van der Waals surface area contributed by atoms with Crippen molar-refractivity contribution in [3.05, 3.63) is 34.1 Å². The third-order valence-corrected chi connectivity index (χ3v) is 1.90. The highest BCUT2D eigenvalue weighted by Crippen LogP contribution is 2.22. The normalized spacial score (nSPS) is 9.29. The van der Waals surface area contributed by atoms with Gasteiger partial charge >= 0.3 is 5.97 Å². The lowest BCUT2D eigenvalue weighted by atomic mass is 10.1. The Morgan fingerprint density at radius 1 is 1.64 bits per heavy atom. The molecule has 3 nitrogen and oxygen atoms in total. The lowest BCUT2D eigenvalue weighted by Crippen LogP contribution is -2.07. The molecular weight excluding hydrogens is 209 g/mol. The average Bonchev–Trinajstić information content (AvgIpc) is 2.20. The van der Waals surface area contributed by atoms with E-state index in [2.05, 4.69) is 4.74 Å². The standard InChI is InChI=1S/C9H5ClFNO2/c1-14-9(13)7-5(4-12)2-3-6(10)8(7)11/h2-3H,1H3. The molecule has 0 bridgehead atoms. The molecule has 72 valence electrons. The molecule has 0 amide bonds. The minimum atomic E-state index is -0.933. The van der Waals surface area contributed by atoms with Crippen LogP contribution >= 0.6 is 11.6 Å². The fraction of sp³-hybridized carbons (Fsp3) is 0.111. The summed E-state index contributed by atoms with van der Waals surface area (Å²) in [6.07, 6.45) is 0. The second-order valence-corrected chi connectivity index (χ2v) is 2.79. The van der Waals surface area contributed by atoms with Crippen LogP contribution in [0.4, 0.5) is 4.39 Å². The predicted molar refractivity (Wildman–Crippen MR) is 47.5 cm³/mol. The minimum absolute atomic E-state index is 0.0984. The van der Waals surface area contributed by atoms with Crippen LogP contribution in [0, 0.1) is 17.1 Å². The van der Waals surface area contributed by atoms with E-state index in [1.165, 1.54) is 12.1 Å². The summed E-state index contributed by atoms with van der Waals surface area (Å²) in [5.74, 6) is -1.85. The Morgan fingerprint density at radius 3 is 2.79 bits per heavy atom. The molecule has 0 unspecified atom stereocenters. The van der Waals surface area contributed by atoms with Crippen LogP contribution in [0.25, 0.3) is 0 Å². The summed E-state index contributed by atoms with van der Waals surface area (Å²) >= 11 is 5.45. The molecule has 0 aliphatic rings. The number of rotatable bonds is 1. The first-order chi connectivity index (χ1) is 6.61. The Balaban J connectivity index is 3.45. The first-order valence-corrected chi connectivity index (χ1v) is 3.96. The van der Waals surface area contributed by atoms with E-state index in [9.17, 15) is 9.18 Å². The fourth-order valence-electron chi connectivity index (χ4n) is 0.945. The van der Waals surface area contributed by atoms with Gasteiger partial charge in [0.25, 0.3) is 0 Å². The maximum atomic E-state index is 13.3. The van der Waals surface area contributed by atoms with Crippen LogP contribution in [-0.2, 0) is 4.74 Å². The Labute approximate surface area is 84.7 Å². The molecule has 0 N–H and O–H groups in total. The Bertz CT molecular complexity index is 426. The van der Waals surface area contributed by atoms with Gasteiger partial charge in [-0.25, -0.2) is 9.18 Å². The summed E-state index contributed by atoms with van der Waals surface area (Å²) < 4.78 is 17.6. The van der Waals surface area contributed by atoms with E-state index in [-0.39, 0.29) is 10.6 Å². The molecule has 14 heavy (non-hydrogen) atoms. The summed E-state index contributed by atoms with van der Waals surface area (Å²) in [6, 6.07) is 4.15. The van der Waals surface area contributed by atoms with Crippen molar-refractivity contribution >= 4 is 17.6 Å². The molecule has 1 aromatic carbocycles. The van der Waals surface area contributed by atoms with Gasteiger partial charge in [0.1, 0.15) is 11.6 Å². The first-order valence-electron chi connectivity index (χ1n) is 3.58. The number of ether oxygens (including phenoxy) is 1. The van der Waals surface area contributed by atoms with Gasteiger partial charge in [-0.3, -0.25) is 0 Å². The molecule has 5 heteroatoms. The number of carbonyl (C=O) groups is 1. The average molecular weight is 214 g/mol. The molecule has 1 aromatic rings. The van der Waals surface area contributed by atoms with Crippen molar-refractivity contribution in [1.29, 1.82) is 5.26 Å². The molecule has 1 rings (SSSR count). The molecule has 0 saturated heterocycles. The first kappa shape index (κ1) is 10.5. The molecule has 0 aromatic heterocycles. The maximum Gasteiger partial charge on any atom is 0.342 e. The zero-order valence-electron chi connectivity index (χ0n) is 7.17. The predicted octanol–water partition coefficient (Wildman–Crippen LogP) is 2.14. The lowest BCUT2D eigenvalue weighted by molar-refractivity contribution is 0.0595. The Kier molecular flexibility index (Phi) is 3.05. The number of halogens is 2. The molecule has 0 saturated carbocycles. The van der Waals surface area contributed by atoms with E-state index >= 15 is 0 Å². The van der Waals surface area contributed by atoms with E-state index < -0.39 is 17.3 Å². The van der Waals surface area contributed by atoms with Gasteiger partial charge in [0.15, 0.2) is 5.82 Å². The summed E-state index contributed by atoms with van der Waals surface area (Å²) in [6.45, 7) is 0. The molecule has 0 fully saturated rings. The maximum absolute atomic E-state index is 13.3. The molecule has 0 aliphatic carbocycles. The van der Waals surface area contributed by atoms with Crippen LogP contribution in [0.1, 0.15) is 15.9 Å². The second-order valence-electron chi connectivity index (χ2n) is 2.39. The van der Waals surface area contributed by atoms with Gasteiger partial charge in [-0.1, -0.05) is 11.6 Å². The van der Waals surface area contributed by atoms with Crippen LogP contribution in [-0.4, -0.2) is 13.1 Å². The van der Waals surface area contributed by atoms with Crippen LogP contribution < -0.4 is 0 Å². The van der Waals surface area contributed by atoms with Gasteiger partial charge in [0.2, 0.25) is 0 Å². The third kappa shape index (κ3) is 1.68. The van der Waals surface area contributed by atoms with Crippen molar-refractivity contribution in [3.8, 4) is 6.07 Å². The summed E-state index contributed by atoms with van der Waals surface area (Å²) in [5, 5.41) is 8.39. The number of hydrogen-bond acceptors (Lipinski definition) is 3. The van der Waals surface area contributed by atoms with Gasteiger partial charge in [0.05, 0.1) is 17.7 Å². The van der Waals surface area contributed by atoms with Crippen LogP contribution in [0.5, 0.6) is 0 Å². The number of hydrogen-bond donors (Lipinski definition) is 0. The summed E-state index contributed by atoms with van der Waals surface area (Å²) in [4.78, 5) is 11.1. The number of esters is 1. The van der Waals surface area contributed by atoms with Crippen molar-refractivity contribution in [2.75, 3.05) is 7.11 Å². The quantitative estimate of drug-likeness (QED) is 0.672. The molecule has 0 heterocycles. The van der Waals surface area contributed by atoms with Gasteiger partial charge in [-0.2, -0.15) is 5.26 Å². The van der Waals surface area contributed by atoms with Gasteiger partial charge in [0, 0.05) is 0 Å². The molecule has 0 spiro atoms. The van der Waals surface area contributed by atoms with Crippen molar-refractivity contribution in [2.45, 2.75) is 0 Å². The van der Waals surface area contributed by atoms with E-state index in [1.54, 1.807) is 6.07 Å².